The lowest BCUT2D eigenvalue weighted by atomic mass is 10.1. The van der Waals surface area contributed by atoms with Crippen LogP contribution in [0.3, 0.4) is 0 Å². The molecule has 0 bridgehead atoms. The van der Waals surface area contributed by atoms with Gasteiger partial charge in [-0.2, -0.15) is 0 Å². The van der Waals surface area contributed by atoms with Crippen LogP contribution in [-0.2, 0) is 11.2 Å². The number of imide groups is 1. The third-order valence-electron chi connectivity index (χ3n) is 2.80. The van der Waals surface area contributed by atoms with Crippen molar-refractivity contribution in [2.24, 2.45) is 5.92 Å². The fourth-order valence-electron chi connectivity index (χ4n) is 1.58. The molecular weight excluding hydrogens is 252 g/mol. The van der Waals surface area contributed by atoms with Crippen molar-refractivity contribution in [1.29, 1.82) is 0 Å². The van der Waals surface area contributed by atoms with Crippen LogP contribution < -0.4 is 10.6 Å². The highest BCUT2D eigenvalue weighted by Crippen LogP contribution is 2.28. The number of benzene rings is 1. The second-order valence-electron chi connectivity index (χ2n) is 4.40. The maximum Gasteiger partial charge on any atom is 0.321 e. The molecule has 2 N–H and O–H groups in total. The van der Waals surface area contributed by atoms with Crippen molar-refractivity contribution >= 4 is 23.5 Å². The van der Waals surface area contributed by atoms with Crippen molar-refractivity contribution in [3.8, 4) is 0 Å². The van der Waals surface area contributed by atoms with Gasteiger partial charge in [0.25, 0.3) is 0 Å². The van der Waals surface area contributed by atoms with Crippen LogP contribution in [0.2, 0.25) is 5.02 Å². The molecule has 1 saturated carbocycles. The summed E-state index contributed by atoms with van der Waals surface area (Å²) in [5.41, 5.74) is 1.09. The van der Waals surface area contributed by atoms with E-state index in [1.807, 2.05) is 24.3 Å². The van der Waals surface area contributed by atoms with Gasteiger partial charge < -0.3 is 5.32 Å². The summed E-state index contributed by atoms with van der Waals surface area (Å²) in [6.07, 6.45) is 2.50. The Morgan fingerprint density at radius 2 is 1.89 bits per heavy atom. The maximum atomic E-state index is 11.4. The lowest BCUT2D eigenvalue weighted by molar-refractivity contribution is -0.121. The molecule has 18 heavy (non-hydrogen) atoms. The molecule has 5 heteroatoms. The minimum Gasteiger partial charge on any atom is -0.337 e. The minimum absolute atomic E-state index is 0.0482. The Hall–Kier alpha value is -1.55. The molecule has 4 nitrogen and oxygen atoms in total. The number of urea groups is 1. The van der Waals surface area contributed by atoms with Gasteiger partial charge in [-0.25, -0.2) is 4.79 Å². The molecule has 2 rings (SSSR count). The van der Waals surface area contributed by atoms with Crippen molar-refractivity contribution in [3.05, 3.63) is 34.9 Å². The molecule has 0 aromatic heterocycles. The largest absolute Gasteiger partial charge is 0.337 e. The number of carbonyl (C=O) groups is 2. The lowest BCUT2D eigenvalue weighted by Crippen LogP contribution is -2.40. The first-order chi connectivity index (χ1) is 8.65. The number of rotatable bonds is 4. The number of carbonyl (C=O) groups excluding carboxylic acids is 2. The SMILES string of the molecule is O=C(NCCc1ccc(Cl)cc1)NC(=O)C1CC1. The van der Waals surface area contributed by atoms with Crippen LogP contribution in [0.4, 0.5) is 4.79 Å². The van der Waals surface area contributed by atoms with E-state index in [2.05, 4.69) is 10.6 Å². The molecule has 0 saturated heterocycles. The Balaban J connectivity index is 1.66. The average molecular weight is 267 g/mol. The summed E-state index contributed by atoms with van der Waals surface area (Å²) in [6, 6.07) is 7.04. The molecule has 0 heterocycles. The Bertz CT molecular complexity index is 441. The lowest BCUT2D eigenvalue weighted by Gasteiger charge is -2.06. The minimum atomic E-state index is -0.416. The molecule has 1 fully saturated rings. The van der Waals surface area contributed by atoms with Gasteiger partial charge in [-0.1, -0.05) is 23.7 Å². The smallest absolute Gasteiger partial charge is 0.321 e. The molecular formula is C13H15ClN2O2. The topological polar surface area (TPSA) is 58.2 Å². The summed E-state index contributed by atoms with van der Waals surface area (Å²) in [4.78, 5) is 22.7. The van der Waals surface area contributed by atoms with Gasteiger partial charge in [0.05, 0.1) is 0 Å². The number of halogens is 1. The van der Waals surface area contributed by atoms with E-state index in [9.17, 15) is 9.59 Å². The zero-order valence-corrected chi connectivity index (χ0v) is 10.7. The van der Waals surface area contributed by atoms with Crippen molar-refractivity contribution in [2.45, 2.75) is 19.3 Å². The van der Waals surface area contributed by atoms with E-state index in [4.69, 9.17) is 11.6 Å². The summed E-state index contributed by atoms with van der Waals surface area (Å²) in [7, 11) is 0. The number of amides is 3. The zero-order valence-electron chi connectivity index (χ0n) is 9.91. The molecule has 1 aromatic carbocycles. The molecule has 3 amide bonds. The Kier molecular flexibility index (Phi) is 4.20. The fourth-order valence-corrected chi connectivity index (χ4v) is 1.70. The standard InChI is InChI=1S/C13H15ClN2O2/c14-11-5-1-9(2-6-11)7-8-15-13(18)16-12(17)10-3-4-10/h1-2,5-6,10H,3-4,7-8H2,(H2,15,16,17,18). The maximum absolute atomic E-state index is 11.4. The summed E-state index contributed by atoms with van der Waals surface area (Å²) in [5, 5.41) is 5.68. The Morgan fingerprint density at radius 3 is 2.50 bits per heavy atom. The summed E-state index contributed by atoms with van der Waals surface area (Å²) in [6.45, 7) is 0.491. The van der Waals surface area contributed by atoms with Crippen LogP contribution in [0.1, 0.15) is 18.4 Å². The van der Waals surface area contributed by atoms with Gasteiger partial charge >= 0.3 is 6.03 Å². The molecule has 0 radical (unpaired) electrons. The summed E-state index contributed by atoms with van der Waals surface area (Å²) >= 11 is 5.77. The number of hydrogen-bond donors (Lipinski definition) is 2. The van der Waals surface area contributed by atoms with Crippen LogP contribution >= 0.6 is 11.6 Å². The zero-order chi connectivity index (χ0) is 13.0. The van der Waals surface area contributed by atoms with E-state index in [-0.39, 0.29) is 11.8 Å². The van der Waals surface area contributed by atoms with Crippen molar-refractivity contribution in [1.82, 2.24) is 10.6 Å². The third-order valence-corrected chi connectivity index (χ3v) is 3.05. The average Bonchev–Trinajstić information content (AvgIpc) is 3.15. The second kappa shape index (κ2) is 5.87. The van der Waals surface area contributed by atoms with Gasteiger partial charge in [-0.3, -0.25) is 10.1 Å². The van der Waals surface area contributed by atoms with Crippen LogP contribution in [0.15, 0.2) is 24.3 Å². The van der Waals surface area contributed by atoms with E-state index in [0.29, 0.717) is 18.0 Å². The van der Waals surface area contributed by atoms with E-state index >= 15 is 0 Å². The van der Waals surface area contributed by atoms with Crippen molar-refractivity contribution in [2.75, 3.05) is 6.54 Å². The first-order valence-electron chi connectivity index (χ1n) is 5.98. The van der Waals surface area contributed by atoms with Gasteiger partial charge in [-0.05, 0) is 37.0 Å². The van der Waals surface area contributed by atoms with Crippen LogP contribution in [0.25, 0.3) is 0 Å². The highest BCUT2D eigenvalue weighted by molar-refractivity contribution is 6.30. The Labute approximate surface area is 111 Å². The van der Waals surface area contributed by atoms with Gasteiger partial charge in [0.1, 0.15) is 0 Å². The highest BCUT2D eigenvalue weighted by Gasteiger charge is 2.30. The molecule has 0 atom stereocenters. The fraction of sp³-hybridized carbons (Fsp3) is 0.385. The van der Waals surface area contributed by atoms with E-state index in [1.54, 1.807) is 0 Å². The predicted octanol–water partition coefficient (Wildman–Crippen LogP) is 2.12. The summed E-state index contributed by atoms with van der Waals surface area (Å²) in [5.74, 6) is -0.119. The van der Waals surface area contributed by atoms with Crippen LogP contribution in [0, 0.1) is 5.92 Å². The molecule has 1 aromatic rings. The first-order valence-corrected chi connectivity index (χ1v) is 6.36. The first kappa shape index (κ1) is 12.9. The normalized spacial score (nSPS) is 14.1. The van der Waals surface area contributed by atoms with Gasteiger partial charge in [0, 0.05) is 17.5 Å². The number of hydrogen-bond acceptors (Lipinski definition) is 2. The molecule has 1 aliphatic rings. The molecule has 96 valence electrons. The van der Waals surface area contributed by atoms with Crippen LogP contribution in [0.5, 0.6) is 0 Å². The number of nitrogens with one attached hydrogen (secondary N) is 2. The third kappa shape index (κ3) is 4.04. The van der Waals surface area contributed by atoms with Gasteiger partial charge in [0.2, 0.25) is 5.91 Å². The van der Waals surface area contributed by atoms with Gasteiger partial charge in [0.15, 0.2) is 0 Å². The van der Waals surface area contributed by atoms with E-state index in [0.717, 1.165) is 18.4 Å². The van der Waals surface area contributed by atoms with Crippen molar-refractivity contribution in [3.63, 3.8) is 0 Å². The van der Waals surface area contributed by atoms with Crippen LogP contribution in [-0.4, -0.2) is 18.5 Å². The predicted molar refractivity (Wildman–Crippen MR) is 69.4 cm³/mol. The second-order valence-corrected chi connectivity index (χ2v) is 4.83. The Morgan fingerprint density at radius 1 is 1.22 bits per heavy atom. The van der Waals surface area contributed by atoms with Crippen molar-refractivity contribution < 1.29 is 9.59 Å². The monoisotopic (exact) mass is 266 g/mol. The van der Waals surface area contributed by atoms with Gasteiger partial charge in [-0.15, -0.1) is 0 Å². The summed E-state index contributed by atoms with van der Waals surface area (Å²) < 4.78 is 0. The quantitative estimate of drug-likeness (QED) is 0.877. The molecule has 0 spiro atoms. The van der Waals surface area contributed by atoms with E-state index in [1.165, 1.54) is 0 Å². The molecule has 0 aliphatic heterocycles. The molecule has 1 aliphatic carbocycles. The highest BCUT2D eigenvalue weighted by atomic mass is 35.5. The van der Waals surface area contributed by atoms with E-state index < -0.39 is 6.03 Å². The molecule has 0 unspecified atom stereocenters.